The van der Waals surface area contributed by atoms with Gasteiger partial charge >= 0.3 is 0 Å². The molecule has 1 aliphatic carbocycles. The Labute approximate surface area is 138 Å². The topological polar surface area (TPSA) is 76.3 Å². The standard InChI is InChI=1S/C16H29N5O2/c1-3-13-11-20(12-14(4-2)23-13)15-17-18-19-21(15)10-6-9-16(22)7-5-8-16/h13-14,22H,3-12H2,1-2H3. The van der Waals surface area contributed by atoms with E-state index >= 15 is 0 Å². The van der Waals surface area contributed by atoms with Gasteiger partial charge in [-0.2, -0.15) is 0 Å². The highest BCUT2D eigenvalue weighted by Gasteiger charge is 2.34. The minimum Gasteiger partial charge on any atom is -0.390 e. The lowest BCUT2D eigenvalue weighted by atomic mass is 9.77. The van der Waals surface area contributed by atoms with Crippen LogP contribution in [0.2, 0.25) is 0 Å². The molecule has 0 aromatic carbocycles. The zero-order chi connectivity index (χ0) is 16.3. The number of aryl methyl sites for hydroxylation is 1. The van der Waals surface area contributed by atoms with E-state index in [1.54, 1.807) is 0 Å². The summed E-state index contributed by atoms with van der Waals surface area (Å²) in [5, 5.41) is 22.5. The molecule has 1 N–H and O–H groups in total. The highest BCUT2D eigenvalue weighted by atomic mass is 16.5. The van der Waals surface area contributed by atoms with Gasteiger partial charge in [0.15, 0.2) is 0 Å². The SMILES string of the molecule is CCC1CN(c2nnnn2CCCC2(O)CCC2)CC(CC)O1. The van der Waals surface area contributed by atoms with Gasteiger partial charge in [0, 0.05) is 19.6 Å². The summed E-state index contributed by atoms with van der Waals surface area (Å²) in [5.74, 6) is 0.839. The van der Waals surface area contributed by atoms with E-state index in [-0.39, 0.29) is 12.2 Å². The van der Waals surface area contributed by atoms with Crippen LogP contribution in [0.3, 0.4) is 0 Å². The summed E-state index contributed by atoms with van der Waals surface area (Å²) in [6.07, 6.45) is 7.27. The number of ether oxygens (including phenoxy) is 1. The third-order valence-electron chi connectivity index (χ3n) is 5.24. The van der Waals surface area contributed by atoms with E-state index in [1.807, 2.05) is 4.68 Å². The number of anilines is 1. The van der Waals surface area contributed by atoms with Crippen molar-refractivity contribution in [1.29, 1.82) is 0 Å². The normalized spacial score (nSPS) is 27.0. The number of tetrazole rings is 1. The van der Waals surface area contributed by atoms with Gasteiger partial charge in [-0.15, -0.1) is 0 Å². The van der Waals surface area contributed by atoms with Gasteiger partial charge in [0.1, 0.15) is 0 Å². The summed E-state index contributed by atoms with van der Waals surface area (Å²) in [4.78, 5) is 2.25. The van der Waals surface area contributed by atoms with Crippen molar-refractivity contribution < 1.29 is 9.84 Å². The molecule has 23 heavy (non-hydrogen) atoms. The van der Waals surface area contributed by atoms with E-state index in [4.69, 9.17) is 4.74 Å². The second-order valence-corrected chi connectivity index (χ2v) is 6.99. The van der Waals surface area contributed by atoms with Crippen LogP contribution in [0.15, 0.2) is 0 Å². The van der Waals surface area contributed by atoms with Crippen LogP contribution in [-0.4, -0.2) is 56.2 Å². The molecule has 2 heterocycles. The number of morpholine rings is 1. The predicted octanol–water partition coefficient (Wildman–Crippen LogP) is 1.76. The maximum absolute atomic E-state index is 10.2. The van der Waals surface area contributed by atoms with Gasteiger partial charge < -0.3 is 14.7 Å². The molecule has 130 valence electrons. The number of hydrogen-bond acceptors (Lipinski definition) is 6. The highest BCUT2D eigenvalue weighted by Crippen LogP contribution is 2.35. The van der Waals surface area contributed by atoms with E-state index in [1.165, 1.54) is 0 Å². The fourth-order valence-corrected chi connectivity index (χ4v) is 3.50. The molecular formula is C16H29N5O2. The molecular weight excluding hydrogens is 294 g/mol. The molecule has 7 heteroatoms. The number of rotatable bonds is 7. The van der Waals surface area contributed by atoms with Crippen molar-refractivity contribution in [2.24, 2.45) is 0 Å². The van der Waals surface area contributed by atoms with Crippen LogP contribution in [0.5, 0.6) is 0 Å². The molecule has 3 rings (SSSR count). The van der Waals surface area contributed by atoms with Gasteiger partial charge in [0.25, 0.3) is 0 Å². The second-order valence-electron chi connectivity index (χ2n) is 6.99. The van der Waals surface area contributed by atoms with Crippen molar-refractivity contribution in [3.63, 3.8) is 0 Å². The summed E-state index contributed by atoms with van der Waals surface area (Å²) in [5.41, 5.74) is -0.423. The van der Waals surface area contributed by atoms with Gasteiger partial charge in [0.05, 0.1) is 17.8 Å². The lowest BCUT2D eigenvalue weighted by Crippen LogP contribution is -2.48. The molecule has 0 radical (unpaired) electrons. The van der Waals surface area contributed by atoms with Crippen LogP contribution in [-0.2, 0) is 11.3 Å². The van der Waals surface area contributed by atoms with Gasteiger partial charge in [-0.25, -0.2) is 4.68 Å². The van der Waals surface area contributed by atoms with E-state index < -0.39 is 5.60 Å². The number of aromatic nitrogens is 4. The van der Waals surface area contributed by atoms with Gasteiger partial charge in [0.2, 0.25) is 5.95 Å². The Morgan fingerprint density at radius 1 is 1.22 bits per heavy atom. The molecule has 1 aliphatic heterocycles. The molecule has 2 aliphatic rings. The smallest absolute Gasteiger partial charge is 0.245 e. The molecule has 1 saturated carbocycles. The summed E-state index contributed by atoms with van der Waals surface area (Å²) in [6, 6.07) is 0. The van der Waals surface area contributed by atoms with E-state index in [0.29, 0.717) is 0 Å². The van der Waals surface area contributed by atoms with Crippen LogP contribution >= 0.6 is 0 Å². The summed E-state index contributed by atoms with van der Waals surface area (Å²) in [7, 11) is 0. The molecule has 0 bridgehead atoms. The molecule has 1 aromatic heterocycles. The first-order valence-corrected chi connectivity index (χ1v) is 9.02. The lowest BCUT2D eigenvalue weighted by molar-refractivity contribution is -0.0424. The van der Waals surface area contributed by atoms with Crippen molar-refractivity contribution in [3.05, 3.63) is 0 Å². The quantitative estimate of drug-likeness (QED) is 0.824. The van der Waals surface area contributed by atoms with E-state index in [0.717, 1.165) is 70.5 Å². The summed E-state index contributed by atoms with van der Waals surface area (Å²) < 4.78 is 7.93. The van der Waals surface area contributed by atoms with Crippen LogP contribution < -0.4 is 4.90 Å². The second kappa shape index (κ2) is 7.13. The van der Waals surface area contributed by atoms with Gasteiger partial charge in [-0.3, -0.25) is 0 Å². The fraction of sp³-hybridized carbons (Fsp3) is 0.938. The van der Waals surface area contributed by atoms with Crippen LogP contribution in [0, 0.1) is 0 Å². The van der Waals surface area contributed by atoms with Crippen LogP contribution in [0.4, 0.5) is 5.95 Å². The molecule has 0 amide bonds. The molecule has 2 atom stereocenters. The monoisotopic (exact) mass is 323 g/mol. The molecule has 1 aromatic rings. The van der Waals surface area contributed by atoms with Crippen molar-refractivity contribution >= 4 is 5.95 Å². The van der Waals surface area contributed by atoms with Crippen molar-refractivity contribution in [2.45, 2.75) is 83.1 Å². The van der Waals surface area contributed by atoms with Crippen molar-refractivity contribution in [1.82, 2.24) is 20.2 Å². The first-order chi connectivity index (χ1) is 11.1. The Bertz CT molecular complexity index is 490. The fourth-order valence-electron chi connectivity index (χ4n) is 3.50. The molecule has 2 unspecified atom stereocenters. The Morgan fingerprint density at radius 2 is 1.91 bits per heavy atom. The predicted molar refractivity (Wildman–Crippen MR) is 87.3 cm³/mol. The first kappa shape index (κ1) is 16.6. The van der Waals surface area contributed by atoms with Gasteiger partial charge in [-0.1, -0.05) is 18.9 Å². The Kier molecular flexibility index (Phi) is 5.16. The van der Waals surface area contributed by atoms with Crippen molar-refractivity contribution in [3.8, 4) is 0 Å². The van der Waals surface area contributed by atoms with Gasteiger partial charge in [-0.05, 0) is 55.4 Å². The number of aliphatic hydroxyl groups is 1. The molecule has 2 fully saturated rings. The maximum Gasteiger partial charge on any atom is 0.245 e. The Morgan fingerprint density at radius 3 is 2.48 bits per heavy atom. The third kappa shape index (κ3) is 3.83. The average Bonchev–Trinajstić information content (AvgIpc) is 3.01. The van der Waals surface area contributed by atoms with Crippen LogP contribution in [0.1, 0.15) is 58.8 Å². The maximum atomic E-state index is 10.2. The van der Waals surface area contributed by atoms with E-state index in [2.05, 4.69) is 34.3 Å². The van der Waals surface area contributed by atoms with Crippen LogP contribution in [0.25, 0.3) is 0 Å². The molecule has 0 spiro atoms. The lowest BCUT2D eigenvalue weighted by Gasteiger charge is -2.38. The van der Waals surface area contributed by atoms with Crippen molar-refractivity contribution in [2.75, 3.05) is 18.0 Å². The van der Waals surface area contributed by atoms with E-state index in [9.17, 15) is 5.11 Å². The average molecular weight is 323 g/mol. The summed E-state index contributed by atoms with van der Waals surface area (Å²) >= 11 is 0. The molecule has 7 nitrogen and oxygen atoms in total. The minimum atomic E-state index is -0.423. The largest absolute Gasteiger partial charge is 0.390 e. The number of nitrogens with zero attached hydrogens (tertiary/aromatic N) is 5. The third-order valence-corrected chi connectivity index (χ3v) is 5.24. The summed E-state index contributed by atoms with van der Waals surface area (Å²) in [6.45, 7) is 6.76. The number of hydrogen-bond donors (Lipinski definition) is 1. The first-order valence-electron chi connectivity index (χ1n) is 9.02. The Hall–Kier alpha value is -1.21. The minimum absolute atomic E-state index is 0.245. The molecule has 1 saturated heterocycles. The Balaban J connectivity index is 1.60. The highest BCUT2D eigenvalue weighted by molar-refractivity contribution is 5.29. The zero-order valence-electron chi connectivity index (χ0n) is 14.3. The zero-order valence-corrected chi connectivity index (χ0v) is 14.3.